The lowest BCUT2D eigenvalue weighted by Gasteiger charge is -2.13. The molecular weight excluding hydrogens is 327 g/mol. The molecule has 2 aromatic carbocycles. The Bertz CT molecular complexity index is 1020. The van der Waals surface area contributed by atoms with Gasteiger partial charge in [0.15, 0.2) is 9.84 Å². The lowest BCUT2D eigenvalue weighted by molar-refractivity contribution is 0.602. The summed E-state index contributed by atoms with van der Waals surface area (Å²) in [5.74, 6) is -0.385. The number of benzene rings is 2. The summed E-state index contributed by atoms with van der Waals surface area (Å²) in [6.07, 6.45) is 1.71. The van der Waals surface area contributed by atoms with Crippen LogP contribution in [0.15, 0.2) is 53.4 Å². The Labute approximate surface area is 140 Å². The third-order valence-corrected chi connectivity index (χ3v) is 4.97. The number of pyridine rings is 1. The number of rotatable bonds is 4. The molecule has 1 aromatic heterocycles. The van der Waals surface area contributed by atoms with Gasteiger partial charge in [0.1, 0.15) is 5.82 Å². The van der Waals surface area contributed by atoms with E-state index in [2.05, 4.69) is 4.98 Å². The Balaban J connectivity index is 2.34. The first-order valence-corrected chi connectivity index (χ1v) is 9.38. The van der Waals surface area contributed by atoms with E-state index in [0.717, 1.165) is 17.2 Å². The van der Waals surface area contributed by atoms with Crippen LogP contribution in [0.5, 0.6) is 0 Å². The van der Waals surface area contributed by atoms with Gasteiger partial charge in [-0.15, -0.1) is 0 Å². The number of fused-ring (bicyclic) bond motifs is 1. The van der Waals surface area contributed by atoms with E-state index in [4.69, 9.17) is 5.73 Å². The summed E-state index contributed by atoms with van der Waals surface area (Å²) in [6.45, 7) is 0.405. The molecule has 0 spiro atoms. The lowest BCUT2D eigenvalue weighted by Crippen LogP contribution is -2.07. The Morgan fingerprint density at radius 2 is 1.88 bits per heavy atom. The monoisotopic (exact) mass is 344 g/mol. The molecular formula is C18H17FN2O2S. The van der Waals surface area contributed by atoms with Crippen molar-refractivity contribution in [2.24, 2.45) is 5.73 Å². The highest BCUT2D eigenvalue weighted by Gasteiger charge is 2.18. The van der Waals surface area contributed by atoms with Crippen molar-refractivity contribution >= 4 is 20.7 Å². The molecule has 4 nitrogen and oxygen atoms in total. The first-order chi connectivity index (χ1) is 11.4. The van der Waals surface area contributed by atoms with Crippen LogP contribution in [0.1, 0.15) is 5.56 Å². The maximum absolute atomic E-state index is 13.5. The third kappa shape index (κ3) is 3.16. The van der Waals surface area contributed by atoms with E-state index in [0.29, 0.717) is 29.7 Å². The SMILES string of the molecule is CS(=O)(=O)c1ccccc1-c1nc2cc(F)ccc2cc1CCN. The van der Waals surface area contributed by atoms with Gasteiger partial charge in [-0.2, -0.15) is 0 Å². The fraction of sp³-hybridized carbons (Fsp3) is 0.167. The summed E-state index contributed by atoms with van der Waals surface area (Å²) in [4.78, 5) is 4.74. The molecule has 24 heavy (non-hydrogen) atoms. The van der Waals surface area contributed by atoms with Gasteiger partial charge in [0.05, 0.1) is 16.1 Å². The number of sulfone groups is 1. The van der Waals surface area contributed by atoms with E-state index < -0.39 is 9.84 Å². The fourth-order valence-electron chi connectivity index (χ4n) is 2.75. The molecule has 0 radical (unpaired) electrons. The minimum atomic E-state index is -3.42. The van der Waals surface area contributed by atoms with E-state index in [9.17, 15) is 12.8 Å². The molecule has 0 aliphatic rings. The van der Waals surface area contributed by atoms with Crippen molar-refractivity contribution < 1.29 is 12.8 Å². The molecule has 0 amide bonds. The van der Waals surface area contributed by atoms with E-state index in [1.165, 1.54) is 12.1 Å². The van der Waals surface area contributed by atoms with Gasteiger partial charge in [-0.3, -0.25) is 0 Å². The van der Waals surface area contributed by atoms with E-state index in [-0.39, 0.29) is 10.7 Å². The van der Waals surface area contributed by atoms with Crippen LogP contribution in [0, 0.1) is 5.82 Å². The molecule has 0 unspecified atom stereocenters. The molecule has 0 aliphatic heterocycles. The zero-order valence-electron chi connectivity index (χ0n) is 13.2. The van der Waals surface area contributed by atoms with Crippen molar-refractivity contribution in [3.63, 3.8) is 0 Å². The minimum absolute atomic E-state index is 0.200. The van der Waals surface area contributed by atoms with Crippen LogP contribution in [0.25, 0.3) is 22.2 Å². The number of nitrogens with zero attached hydrogens (tertiary/aromatic N) is 1. The summed E-state index contributed by atoms with van der Waals surface area (Å²) >= 11 is 0. The second-order valence-electron chi connectivity index (χ2n) is 5.64. The van der Waals surface area contributed by atoms with Crippen molar-refractivity contribution in [3.8, 4) is 11.3 Å². The van der Waals surface area contributed by atoms with Crippen LogP contribution in [0.4, 0.5) is 4.39 Å². The lowest BCUT2D eigenvalue weighted by atomic mass is 10.0. The molecule has 0 atom stereocenters. The average Bonchev–Trinajstić information content (AvgIpc) is 2.54. The molecule has 1 heterocycles. The van der Waals surface area contributed by atoms with Crippen LogP contribution in [0.3, 0.4) is 0 Å². The highest BCUT2D eigenvalue weighted by Crippen LogP contribution is 2.31. The van der Waals surface area contributed by atoms with Crippen LogP contribution in [-0.2, 0) is 16.3 Å². The first-order valence-electron chi connectivity index (χ1n) is 7.49. The van der Waals surface area contributed by atoms with Gasteiger partial charge in [0.2, 0.25) is 0 Å². The summed E-state index contributed by atoms with van der Waals surface area (Å²) in [5, 5.41) is 0.792. The molecule has 0 fully saturated rings. The topological polar surface area (TPSA) is 73.0 Å². The van der Waals surface area contributed by atoms with Crippen molar-refractivity contribution in [1.29, 1.82) is 0 Å². The van der Waals surface area contributed by atoms with Crippen molar-refractivity contribution in [2.75, 3.05) is 12.8 Å². The summed E-state index contributed by atoms with van der Waals surface area (Å²) < 4.78 is 37.7. The summed E-state index contributed by atoms with van der Waals surface area (Å²) in [5.41, 5.74) is 8.05. The minimum Gasteiger partial charge on any atom is -0.330 e. The molecule has 0 saturated heterocycles. The van der Waals surface area contributed by atoms with Crippen molar-refractivity contribution in [2.45, 2.75) is 11.3 Å². The zero-order chi connectivity index (χ0) is 17.3. The largest absolute Gasteiger partial charge is 0.330 e. The molecule has 2 N–H and O–H groups in total. The molecule has 0 aliphatic carbocycles. The molecule has 3 rings (SSSR count). The smallest absolute Gasteiger partial charge is 0.176 e. The normalized spacial score (nSPS) is 11.8. The van der Waals surface area contributed by atoms with Gasteiger partial charge >= 0.3 is 0 Å². The van der Waals surface area contributed by atoms with Crippen LogP contribution in [-0.4, -0.2) is 26.2 Å². The highest BCUT2D eigenvalue weighted by molar-refractivity contribution is 7.90. The number of hydrogen-bond acceptors (Lipinski definition) is 4. The molecule has 124 valence electrons. The number of halogens is 1. The van der Waals surface area contributed by atoms with Gasteiger partial charge in [0.25, 0.3) is 0 Å². The van der Waals surface area contributed by atoms with Crippen LogP contribution < -0.4 is 5.73 Å². The summed E-state index contributed by atoms with van der Waals surface area (Å²) in [6, 6.07) is 13.0. The molecule has 0 saturated carbocycles. The van der Waals surface area contributed by atoms with E-state index in [1.807, 2.05) is 6.07 Å². The number of nitrogens with two attached hydrogens (primary N) is 1. The number of aromatic nitrogens is 1. The molecule has 3 aromatic rings. The first kappa shape index (κ1) is 16.5. The maximum atomic E-state index is 13.5. The van der Waals surface area contributed by atoms with Crippen molar-refractivity contribution in [1.82, 2.24) is 4.98 Å². The van der Waals surface area contributed by atoms with E-state index >= 15 is 0 Å². The maximum Gasteiger partial charge on any atom is 0.176 e. The fourth-order valence-corrected chi connectivity index (χ4v) is 3.64. The van der Waals surface area contributed by atoms with Gasteiger partial charge in [-0.05, 0) is 42.8 Å². The van der Waals surface area contributed by atoms with Gasteiger partial charge in [-0.1, -0.05) is 18.2 Å². The third-order valence-electron chi connectivity index (χ3n) is 3.81. The quantitative estimate of drug-likeness (QED) is 0.790. The standard InChI is InChI=1S/C18H17FN2O2S/c1-24(22,23)17-5-3-2-4-15(17)18-13(8-9-20)10-12-6-7-14(19)11-16(12)21-18/h2-7,10-11H,8-9,20H2,1H3. The number of hydrogen-bond donors (Lipinski definition) is 1. The van der Waals surface area contributed by atoms with E-state index in [1.54, 1.807) is 30.3 Å². The van der Waals surface area contributed by atoms with Crippen molar-refractivity contribution in [3.05, 3.63) is 59.9 Å². The second kappa shape index (κ2) is 6.30. The van der Waals surface area contributed by atoms with Gasteiger partial charge in [0, 0.05) is 23.3 Å². The van der Waals surface area contributed by atoms with Gasteiger partial charge in [-0.25, -0.2) is 17.8 Å². The Morgan fingerprint density at radius 3 is 2.58 bits per heavy atom. The predicted octanol–water partition coefficient (Wildman–Crippen LogP) is 2.95. The van der Waals surface area contributed by atoms with Crippen LogP contribution in [0.2, 0.25) is 0 Å². The highest BCUT2D eigenvalue weighted by atomic mass is 32.2. The van der Waals surface area contributed by atoms with Crippen LogP contribution >= 0.6 is 0 Å². The predicted molar refractivity (Wildman–Crippen MR) is 93.0 cm³/mol. The Hall–Kier alpha value is -2.31. The second-order valence-corrected chi connectivity index (χ2v) is 7.62. The zero-order valence-corrected chi connectivity index (χ0v) is 14.0. The Morgan fingerprint density at radius 1 is 1.12 bits per heavy atom. The van der Waals surface area contributed by atoms with Gasteiger partial charge < -0.3 is 5.73 Å². The summed E-state index contributed by atoms with van der Waals surface area (Å²) in [7, 11) is -3.42. The Kier molecular flexibility index (Phi) is 4.34. The molecule has 0 bridgehead atoms. The average molecular weight is 344 g/mol. The molecule has 6 heteroatoms.